The van der Waals surface area contributed by atoms with E-state index >= 15 is 0 Å². The standard InChI is InChI=1S/C25H19ClFN7O2/c1-34-21(25(36)29-19-10-7-16(26)13-18(19)24-30-32-33-31-24)12-15-3-2-4-20(23(15)34)28-22(35)11-14-5-8-17(27)9-6-14/h2-10,12-13H,11H2,1H3,(H,28,35)(H,29,36)(H,30,31,32,33). The minimum absolute atomic E-state index is 0.0876. The minimum atomic E-state index is -0.367. The number of hydrogen-bond donors (Lipinski definition) is 3. The molecule has 0 aliphatic carbocycles. The van der Waals surface area contributed by atoms with Crippen LogP contribution in [-0.4, -0.2) is 37.0 Å². The molecule has 9 nitrogen and oxygen atoms in total. The largest absolute Gasteiger partial charge is 0.338 e. The third-order valence-corrected chi connectivity index (χ3v) is 5.91. The lowest BCUT2D eigenvalue weighted by Crippen LogP contribution is -2.17. The van der Waals surface area contributed by atoms with E-state index in [0.29, 0.717) is 44.6 Å². The van der Waals surface area contributed by atoms with Crippen LogP contribution in [0.4, 0.5) is 15.8 Å². The van der Waals surface area contributed by atoms with Crippen LogP contribution in [0.3, 0.4) is 0 Å². The molecule has 3 N–H and O–H groups in total. The number of carbonyl (C=O) groups excluding carboxylic acids is 2. The maximum atomic E-state index is 13.3. The van der Waals surface area contributed by atoms with Gasteiger partial charge in [0.05, 0.1) is 23.3 Å². The van der Waals surface area contributed by atoms with Crippen molar-refractivity contribution < 1.29 is 14.0 Å². The van der Waals surface area contributed by atoms with Crippen LogP contribution in [0.5, 0.6) is 0 Å². The molecule has 180 valence electrons. The normalized spacial score (nSPS) is 11.0. The van der Waals surface area contributed by atoms with Gasteiger partial charge in [0, 0.05) is 23.0 Å². The number of fused-ring (bicyclic) bond motifs is 1. The van der Waals surface area contributed by atoms with Crippen LogP contribution >= 0.6 is 11.6 Å². The third-order valence-electron chi connectivity index (χ3n) is 5.67. The molecule has 5 aromatic rings. The molecule has 0 unspecified atom stereocenters. The first-order valence-corrected chi connectivity index (χ1v) is 11.2. The first kappa shape index (κ1) is 23.2. The molecule has 2 aromatic heterocycles. The van der Waals surface area contributed by atoms with E-state index < -0.39 is 0 Å². The number of aryl methyl sites for hydroxylation is 1. The number of tetrazole rings is 1. The fourth-order valence-corrected chi connectivity index (χ4v) is 4.17. The van der Waals surface area contributed by atoms with Crippen molar-refractivity contribution in [3.05, 3.63) is 88.8 Å². The van der Waals surface area contributed by atoms with Gasteiger partial charge in [-0.1, -0.05) is 35.9 Å². The molecule has 0 radical (unpaired) electrons. The summed E-state index contributed by atoms with van der Waals surface area (Å²) in [7, 11) is 1.75. The van der Waals surface area contributed by atoms with Crippen molar-refractivity contribution in [3.8, 4) is 11.4 Å². The zero-order chi connectivity index (χ0) is 25.2. The van der Waals surface area contributed by atoms with Crippen molar-refractivity contribution in [2.75, 3.05) is 10.6 Å². The quantitative estimate of drug-likeness (QED) is 0.313. The highest BCUT2D eigenvalue weighted by molar-refractivity contribution is 6.31. The number of anilines is 2. The lowest BCUT2D eigenvalue weighted by molar-refractivity contribution is -0.115. The molecule has 36 heavy (non-hydrogen) atoms. The van der Waals surface area contributed by atoms with Crippen molar-refractivity contribution in [1.82, 2.24) is 25.2 Å². The summed E-state index contributed by atoms with van der Waals surface area (Å²) < 4.78 is 14.9. The number of para-hydroxylation sites is 1. The highest BCUT2D eigenvalue weighted by Gasteiger charge is 2.19. The number of hydrogen-bond acceptors (Lipinski definition) is 5. The summed E-state index contributed by atoms with van der Waals surface area (Å²) in [5, 5.41) is 20.8. The molecule has 0 fully saturated rings. The first-order valence-electron chi connectivity index (χ1n) is 10.9. The number of rotatable bonds is 6. The van der Waals surface area contributed by atoms with E-state index in [0.717, 1.165) is 5.39 Å². The van der Waals surface area contributed by atoms with Gasteiger partial charge in [0.15, 0.2) is 5.82 Å². The van der Waals surface area contributed by atoms with Crippen LogP contribution in [0.25, 0.3) is 22.3 Å². The summed E-state index contributed by atoms with van der Waals surface area (Å²) in [4.78, 5) is 25.9. The van der Waals surface area contributed by atoms with Crippen LogP contribution in [0.15, 0.2) is 66.7 Å². The molecule has 0 atom stereocenters. The van der Waals surface area contributed by atoms with E-state index in [2.05, 4.69) is 31.3 Å². The van der Waals surface area contributed by atoms with E-state index in [1.54, 1.807) is 60.1 Å². The molecule has 0 saturated heterocycles. The summed E-state index contributed by atoms with van der Waals surface area (Å²) in [6, 6.07) is 17.9. The van der Waals surface area contributed by atoms with E-state index in [1.807, 2.05) is 6.07 Å². The third kappa shape index (κ3) is 4.66. The lowest BCUT2D eigenvalue weighted by Gasteiger charge is -2.12. The highest BCUT2D eigenvalue weighted by Crippen LogP contribution is 2.30. The van der Waals surface area contributed by atoms with E-state index in [1.165, 1.54) is 12.1 Å². The van der Waals surface area contributed by atoms with E-state index in [4.69, 9.17) is 11.6 Å². The van der Waals surface area contributed by atoms with Gasteiger partial charge < -0.3 is 15.2 Å². The number of nitrogens with one attached hydrogen (secondary N) is 3. The summed E-state index contributed by atoms with van der Waals surface area (Å²) in [6.07, 6.45) is 0.0876. The van der Waals surface area contributed by atoms with Gasteiger partial charge >= 0.3 is 0 Å². The maximum absolute atomic E-state index is 13.3. The first-order chi connectivity index (χ1) is 17.4. The SMILES string of the molecule is Cn1c(C(=O)Nc2ccc(Cl)cc2-c2nnn[nH]2)cc2cccc(NC(=O)Cc3ccc(F)cc3)c21. The van der Waals surface area contributed by atoms with Crippen molar-refractivity contribution in [1.29, 1.82) is 0 Å². The smallest absolute Gasteiger partial charge is 0.272 e. The molecule has 2 heterocycles. The average molecular weight is 504 g/mol. The number of aromatic amines is 1. The van der Waals surface area contributed by atoms with Gasteiger partial charge in [0.2, 0.25) is 5.91 Å². The van der Waals surface area contributed by atoms with Gasteiger partial charge in [-0.3, -0.25) is 9.59 Å². The molecule has 0 bridgehead atoms. The Labute approximate surface area is 209 Å². The number of amides is 2. The predicted molar refractivity (Wildman–Crippen MR) is 134 cm³/mol. The van der Waals surface area contributed by atoms with Crippen molar-refractivity contribution in [3.63, 3.8) is 0 Å². The molecule has 11 heteroatoms. The Bertz CT molecular complexity index is 1580. The number of benzene rings is 3. The fourth-order valence-electron chi connectivity index (χ4n) is 4.00. The molecular weight excluding hydrogens is 485 g/mol. The Kier molecular flexibility index (Phi) is 6.17. The molecule has 0 aliphatic rings. The molecule has 3 aromatic carbocycles. The zero-order valence-electron chi connectivity index (χ0n) is 18.9. The molecule has 0 aliphatic heterocycles. The highest BCUT2D eigenvalue weighted by atomic mass is 35.5. The molecule has 5 rings (SSSR count). The molecule has 0 saturated carbocycles. The van der Waals surface area contributed by atoms with Crippen molar-refractivity contribution in [2.24, 2.45) is 7.05 Å². The van der Waals surface area contributed by atoms with Crippen molar-refractivity contribution in [2.45, 2.75) is 6.42 Å². The Hall–Kier alpha value is -4.57. The van der Waals surface area contributed by atoms with Crippen LogP contribution in [0.2, 0.25) is 5.02 Å². The maximum Gasteiger partial charge on any atom is 0.272 e. The predicted octanol–water partition coefficient (Wildman–Crippen LogP) is 4.58. The topological polar surface area (TPSA) is 118 Å². The molecular formula is C25H19ClFN7O2. The van der Waals surface area contributed by atoms with Crippen LogP contribution in [-0.2, 0) is 18.3 Å². The van der Waals surface area contributed by atoms with E-state index in [9.17, 15) is 14.0 Å². The lowest BCUT2D eigenvalue weighted by atomic mass is 10.1. The van der Waals surface area contributed by atoms with Gasteiger partial charge in [0.25, 0.3) is 5.91 Å². The second-order valence-corrected chi connectivity index (χ2v) is 8.51. The number of aromatic nitrogens is 5. The second kappa shape index (κ2) is 9.59. The Morgan fingerprint density at radius 2 is 1.83 bits per heavy atom. The van der Waals surface area contributed by atoms with Crippen LogP contribution in [0.1, 0.15) is 16.1 Å². The number of halogens is 2. The van der Waals surface area contributed by atoms with Crippen LogP contribution in [0, 0.1) is 5.82 Å². The Morgan fingerprint density at radius 1 is 1.03 bits per heavy atom. The Balaban J connectivity index is 1.41. The fraction of sp³-hybridized carbons (Fsp3) is 0.0800. The number of carbonyl (C=O) groups is 2. The van der Waals surface area contributed by atoms with Crippen LogP contribution < -0.4 is 10.6 Å². The van der Waals surface area contributed by atoms with Gasteiger partial charge in [0.1, 0.15) is 11.5 Å². The summed E-state index contributed by atoms with van der Waals surface area (Å²) in [6.45, 7) is 0. The van der Waals surface area contributed by atoms with Gasteiger partial charge in [-0.05, 0) is 58.5 Å². The average Bonchev–Trinajstić information content (AvgIpc) is 3.51. The minimum Gasteiger partial charge on any atom is -0.338 e. The number of nitrogens with zero attached hydrogens (tertiary/aromatic N) is 4. The Morgan fingerprint density at radius 3 is 2.58 bits per heavy atom. The summed E-state index contributed by atoms with van der Waals surface area (Å²) in [5.74, 6) is -0.626. The second-order valence-electron chi connectivity index (χ2n) is 8.08. The van der Waals surface area contributed by atoms with E-state index in [-0.39, 0.29) is 24.1 Å². The van der Waals surface area contributed by atoms with Gasteiger partial charge in [-0.2, -0.15) is 0 Å². The zero-order valence-corrected chi connectivity index (χ0v) is 19.7. The number of H-pyrrole nitrogens is 1. The van der Waals surface area contributed by atoms with Gasteiger partial charge in [-0.25, -0.2) is 9.49 Å². The van der Waals surface area contributed by atoms with Gasteiger partial charge in [-0.15, -0.1) is 5.10 Å². The summed E-state index contributed by atoms with van der Waals surface area (Å²) in [5.41, 5.74) is 3.32. The summed E-state index contributed by atoms with van der Waals surface area (Å²) >= 11 is 6.13. The molecule has 0 spiro atoms. The monoisotopic (exact) mass is 503 g/mol. The molecule has 2 amide bonds. The van der Waals surface area contributed by atoms with Crippen molar-refractivity contribution >= 4 is 45.7 Å².